The number of aromatic nitrogens is 1. The lowest BCUT2D eigenvalue weighted by Crippen LogP contribution is -2.04. The molecule has 17 heavy (non-hydrogen) atoms. The molecule has 0 atom stereocenters. The van der Waals surface area contributed by atoms with Crippen LogP contribution in [0.3, 0.4) is 0 Å². The summed E-state index contributed by atoms with van der Waals surface area (Å²) < 4.78 is 39.3. The van der Waals surface area contributed by atoms with E-state index in [-0.39, 0.29) is 6.61 Å². The van der Waals surface area contributed by atoms with Gasteiger partial charge in [0.25, 0.3) is 0 Å². The molecule has 0 aliphatic heterocycles. The second-order valence-electron chi connectivity index (χ2n) is 3.78. The maximum atomic E-state index is 12.5. The predicted molar refractivity (Wildman–Crippen MR) is 56.9 cm³/mol. The smallest absolute Gasteiger partial charge is 0.345 e. The van der Waals surface area contributed by atoms with E-state index in [2.05, 4.69) is 4.84 Å². The molecule has 1 heterocycles. The highest BCUT2D eigenvalue weighted by atomic mass is 19.4. The van der Waals surface area contributed by atoms with E-state index in [1.54, 1.807) is 17.7 Å². The topological polar surface area (TPSA) is 40.2 Å². The fraction of sp³-hybridized carbons (Fsp3) is 0.273. The summed E-state index contributed by atoms with van der Waals surface area (Å²) in [6.45, 7) is 0.159. The monoisotopic (exact) mass is 244 g/mol. The Bertz CT molecular complexity index is 545. The zero-order valence-electron chi connectivity index (χ0n) is 9.08. The van der Waals surface area contributed by atoms with Crippen LogP contribution in [-0.4, -0.2) is 4.57 Å². The van der Waals surface area contributed by atoms with E-state index in [1.807, 2.05) is 0 Å². The molecule has 0 radical (unpaired) electrons. The highest BCUT2D eigenvalue weighted by Crippen LogP contribution is 2.32. The molecule has 0 aliphatic rings. The lowest BCUT2D eigenvalue weighted by atomic mass is 10.1. The Morgan fingerprint density at radius 2 is 2.00 bits per heavy atom. The molecule has 0 saturated heterocycles. The number of fused-ring (bicyclic) bond motifs is 1. The van der Waals surface area contributed by atoms with E-state index >= 15 is 0 Å². The number of benzene rings is 1. The molecule has 3 nitrogen and oxygen atoms in total. The minimum absolute atomic E-state index is 0.159. The van der Waals surface area contributed by atoms with Crippen LogP contribution < -0.4 is 5.90 Å². The van der Waals surface area contributed by atoms with Crippen molar-refractivity contribution in [3.8, 4) is 0 Å². The van der Waals surface area contributed by atoms with Crippen LogP contribution in [0.4, 0.5) is 13.2 Å². The van der Waals surface area contributed by atoms with Gasteiger partial charge in [0, 0.05) is 23.6 Å². The van der Waals surface area contributed by atoms with E-state index in [0.717, 1.165) is 17.8 Å². The van der Waals surface area contributed by atoms with Gasteiger partial charge in [-0.1, -0.05) is 0 Å². The van der Waals surface area contributed by atoms with Crippen molar-refractivity contribution in [3.05, 3.63) is 35.5 Å². The van der Waals surface area contributed by atoms with Crippen molar-refractivity contribution >= 4 is 10.9 Å². The Balaban J connectivity index is 2.56. The molecule has 0 bridgehead atoms. The number of rotatable bonds is 2. The van der Waals surface area contributed by atoms with Crippen LogP contribution in [0.2, 0.25) is 0 Å². The minimum Gasteiger partial charge on any atom is -0.345 e. The van der Waals surface area contributed by atoms with Gasteiger partial charge in [-0.3, -0.25) is 4.84 Å². The quantitative estimate of drug-likeness (QED) is 0.825. The van der Waals surface area contributed by atoms with Crippen LogP contribution in [0, 0.1) is 0 Å². The lowest BCUT2D eigenvalue weighted by molar-refractivity contribution is -0.137. The summed E-state index contributed by atoms with van der Waals surface area (Å²) in [6.07, 6.45) is -4.32. The number of nitrogens with zero attached hydrogens (tertiary/aromatic N) is 1. The van der Waals surface area contributed by atoms with Crippen molar-refractivity contribution in [3.63, 3.8) is 0 Å². The van der Waals surface area contributed by atoms with Gasteiger partial charge in [0.1, 0.15) is 6.61 Å². The molecule has 0 aliphatic carbocycles. The Morgan fingerprint density at radius 1 is 1.29 bits per heavy atom. The summed E-state index contributed by atoms with van der Waals surface area (Å²) in [7, 11) is 1.75. The van der Waals surface area contributed by atoms with Crippen LogP contribution in [0.15, 0.2) is 24.3 Å². The second-order valence-corrected chi connectivity index (χ2v) is 3.78. The Morgan fingerprint density at radius 3 is 2.59 bits per heavy atom. The summed E-state index contributed by atoms with van der Waals surface area (Å²) in [5, 5.41) is 0.523. The molecule has 0 saturated carbocycles. The number of nitrogens with two attached hydrogens (primary N) is 1. The fourth-order valence-electron chi connectivity index (χ4n) is 1.81. The Hall–Kier alpha value is -1.53. The second kappa shape index (κ2) is 4.05. The highest BCUT2D eigenvalue weighted by molar-refractivity contribution is 5.82. The van der Waals surface area contributed by atoms with Gasteiger partial charge in [-0.15, -0.1) is 0 Å². The van der Waals surface area contributed by atoms with Crippen LogP contribution in [0.25, 0.3) is 10.9 Å². The summed E-state index contributed by atoms with van der Waals surface area (Å²) >= 11 is 0. The molecule has 6 heteroatoms. The fourth-order valence-corrected chi connectivity index (χ4v) is 1.81. The molecule has 92 valence electrons. The largest absolute Gasteiger partial charge is 0.416 e. The molecule has 0 spiro atoms. The maximum Gasteiger partial charge on any atom is 0.416 e. The summed E-state index contributed by atoms with van der Waals surface area (Å²) in [6, 6.07) is 5.26. The first-order chi connectivity index (χ1) is 7.93. The zero-order chi connectivity index (χ0) is 12.6. The van der Waals surface area contributed by atoms with Gasteiger partial charge in [-0.05, 0) is 24.3 Å². The molecule has 0 fully saturated rings. The number of alkyl halides is 3. The molecular formula is C11H11F3N2O. The molecule has 2 aromatic rings. The van der Waals surface area contributed by atoms with Crippen LogP contribution in [-0.2, 0) is 24.7 Å². The van der Waals surface area contributed by atoms with E-state index in [0.29, 0.717) is 10.9 Å². The highest BCUT2D eigenvalue weighted by Gasteiger charge is 2.30. The molecule has 2 N–H and O–H groups in total. The van der Waals surface area contributed by atoms with E-state index in [1.165, 1.54) is 6.07 Å². The minimum atomic E-state index is -4.32. The first-order valence-electron chi connectivity index (χ1n) is 4.90. The van der Waals surface area contributed by atoms with Gasteiger partial charge in [0.05, 0.1) is 5.56 Å². The van der Waals surface area contributed by atoms with Crippen molar-refractivity contribution in [1.29, 1.82) is 0 Å². The van der Waals surface area contributed by atoms with Crippen molar-refractivity contribution < 1.29 is 18.0 Å². The third-order valence-electron chi connectivity index (χ3n) is 2.70. The molecular weight excluding hydrogens is 233 g/mol. The Labute approximate surface area is 95.5 Å². The summed E-state index contributed by atoms with van der Waals surface area (Å²) in [5.41, 5.74) is 0.780. The average molecular weight is 244 g/mol. The average Bonchev–Trinajstić information content (AvgIpc) is 2.55. The van der Waals surface area contributed by atoms with Gasteiger partial charge in [0.15, 0.2) is 0 Å². The third-order valence-corrected chi connectivity index (χ3v) is 2.70. The molecule has 1 aromatic heterocycles. The van der Waals surface area contributed by atoms with Crippen molar-refractivity contribution in [1.82, 2.24) is 4.57 Å². The first-order valence-corrected chi connectivity index (χ1v) is 4.90. The van der Waals surface area contributed by atoms with Crippen LogP contribution in [0.1, 0.15) is 11.3 Å². The normalized spacial score (nSPS) is 12.3. The number of hydrogen-bond donors (Lipinski definition) is 1. The molecule has 0 unspecified atom stereocenters. The third kappa shape index (κ3) is 2.13. The summed E-state index contributed by atoms with van der Waals surface area (Å²) in [4.78, 5) is 4.49. The number of hydrogen-bond acceptors (Lipinski definition) is 2. The van der Waals surface area contributed by atoms with Gasteiger partial charge in [-0.25, -0.2) is 5.90 Å². The standard InChI is InChI=1S/C11H11F3N2O/c1-16-9(6-17-15)5-7-4-8(11(12,13)14)2-3-10(7)16/h2-5H,6,15H2,1H3. The van der Waals surface area contributed by atoms with Crippen molar-refractivity contribution in [2.75, 3.05) is 0 Å². The van der Waals surface area contributed by atoms with E-state index in [4.69, 9.17) is 5.90 Å². The van der Waals surface area contributed by atoms with Gasteiger partial charge < -0.3 is 4.57 Å². The SMILES string of the molecule is Cn1c(CON)cc2cc(C(F)(F)F)ccc21. The summed E-state index contributed by atoms with van der Waals surface area (Å²) in [5.74, 6) is 4.96. The Kier molecular flexibility index (Phi) is 2.84. The number of aryl methyl sites for hydroxylation is 1. The zero-order valence-corrected chi connectivity index (χ0v) is 9.08. The van der Waals surface area contributed by atoms with Gasteiger partial charge >= 0.3 is 6.18 Å². The molecule has 0 amide bonds. The molecule has 2 rings (SSSR count). The van der Waals surface area contributed by atoms with Crippen LogP contribution in [0.5, 0.6) is 0 Å². The van der Waals surface area contributed by atoms with Gasteiger partial charge in [-0.2, -0.15) is 13.2 Å². The van der Waals surface area contributed by atoms with E-state index < -0.39 is 11.7 Å². The van der Waals surface area contributed by atoms with Crippen molar-refractivity contribution in [2.45, 2.75) is 12.8 Å². The van der Waals surface area contributed by atoms with E-state index in [9.17, 15) is 13.2 Å². The predicted octanol–water partition coefficient (Wildman–Crippen LogP) is 2.59. The first kappa shape index (κ1) is 11.9. The van der Waals surface area contributed by atoms with Crippen LogP contribution >= 0.6 is 0 Å². The van der Waals surface area contributed by atoms with Gasteiger partial charge in [0.2, 0.25) is 0 Å². The number of halogens is 3. The van der Waals surface area contributed by atoms with Crippen molar-refractivity contribution in [2.24, 2.45) is 12.9 Å². The maximum absolute atomic E-state index is 12.5. The lowest BCUT2D eigenvalue weighted by Gasteiger charge is -2.06. The molecule has 1 aromatic carbocycles.